The summed E-state index contributed by atoms with van der Waals surface area (Å²) >= 11 is 6.88. The van der Waals surface area contributed by atoms with Gasteiger partial charge in [-0.25, -0.2) is 0 Å². The lowest BCUT2D eigenvalue weighted by atomic mass is 10.0. The minimum Gasteiger partial charge on any atom is -0.379 e. The Hall–Kier alpha value is -5.42. The fraction of sp³-hybridized carbons (Fsp3) is 0.276. The first-order chi connectivity index (χ1) is 35.3. The van der Waals surface area contributed by atoms with Crippen molar-refractivity contribution in [1.29, 1.82) is 0 Å². The van der Waals surface area contributed by atoms with Gasteiger partial charge in [-0.1, -0.05) is 24.3 Å². The molecule has 4 heterocycles. The summed E-state index contributed by atoms with van der Waals surface area (Å²) in [6.07, 6.45) is 8.36. The van der Waals surface area contributed by atoms with Crippen LogP contribution in [-0.4, -0.2) is 135 Å². The van der Waals surface area contributed by atoms with Crippen molar-refractivity contribution in [2.75, 3.05) is 114 Å². The number of thioether (sulfide) groups is 4. The molecule has 4 aliphatic heterocycles. The highest BCUT2D eigenvalue weighted by Crippen LogP contribution is 2.48. The van der Waals surface area contributed by atoms with Crippen LogP contribution in [0, 0.1) is 0 Å². The van der Waals surface area contributed by atoms with Gasteiger partial charge in [0.05, 0.1) is 49.0 Å². The molecule has 72 heavy (non-hydrogen) atoms. The predicted molar refractivity (Wildman–Crippen MR) is 301 cm³/mol. The molecule has 2 saturated heterocycles. The first-order valence-electron chi connectivity index (χ1n) is 24.5. The third-order valence-corrected chi connectivity index (χ3v) is 16.8. The van der Waals surface area contributed by atoms with Crippen LogP contribution in [0.3, 0.4) is 0 Å². The molecule has 2 amide bonds. The molecule has 0 atom stereocenters. The third-order valence-electron chi connectivity index (χ3n) is 13.8. The van der Waals surface area contributed by atoms with E-state index >= 15 is 9.59 Å². The zero-order chi connectivity index (χ0) is 49.6. The average Bonchev–Trinajstić information content (AvgIpc) is 3.90. The number of hydrogen-bond donors (Lipinski definition) is 0. The number of carbonyl (C=O) groups excluding carboxylic acids is 2. The Bertz CT molecular complexity index is 2610. The highest BCUT2D eigenvalue weighted by molar-refractivity contribution is 7.99. The van der Waals surface area contributed by atoms with E-state index in [2.05, 4.69) is 190 Å². The van der Waals surface area contributed by atoms with Crippen LogP contribution in [0.4, 0.5) is 34.1 Å². The fourth-order valence-corrected chi connectivity index (χ4v) is 11.5. The van der Waals surface area contributed by atoms with Crippen molar-refractivity contribution in [3.05, 3.63) is 168 Å². The van der Waals surface area contributed by atoms with Gasteiger partial charge in [0.15, 0.2) is 0 Å². The maximum Gasteiger partial charge on any atom is 0.261 e. The predicted octanol–water partition coefficient (Wildman–Crippen LogP) is 12.0. The molecule has 0 aliphatic carbocycles. The minimum atomic E-state index is -0.146. The molecule has 4 aliphatic rings. The van der Waals surface area contributed by atoms with Gasteiger partial charge in [-0.2, -0.15) is 0 Å². The molecule has 6 aromatic rings. The fourth-order valence-electron chi connectivity index (χ4n) is 9.91. The minimum absolute atomic E-state index is 0.146. The van der Waals surface area contributed by atoms with E-state index in [-0.39, 0.29) is 11.8 Å². The Kier molecular flexibility index (Phi) is 16.2. The van der Waals surface area contributed by atoms with Crippen molar-refractivity contribution in [3.63, 3.8) is 0 Å². The lowest BCUT2D eigenvalue weighted by Crippen LogP contribution is -2.42. The largest absolute Gasteiger partial charge is 0.379 e. The molecule has 0 bridgehead atoms. The van der Waals surface area contributed by atoms with Crippen molar-refractivity contribution in [1.82, 2.24) is 19.6 Å². The Morgan fingerprint density at radius 2 is 0.625 bits per heavy atom. The van der Waals surface area contributed by atoms with Gasteiger partial charge in [0.25, 0.3) is 11.8 Å². The first-order valence-corrected chi connectivity index (χ1v) is 29.4. The molecule has 0 N–H and O–H groups in total. The third kappa shape index (κ3) is 10.6. The van der Waals surface area contributed by atoms with Crippen LogP contribution in [0.1, 0.15) is 11.1 Å². The Morgan fingerprint density at radius 3 is 0.875 bits per heavy atom. The quantitative estimate of drug-likeness (QED) is 0.0770. The van der Waals surface area contributed by atoms with Crippen molar-refractivity contribution < 1.29 is 19.1 Å². The molecule has 0 saturated carbocycles. The Morgan fingerprint density at radius 1 is 0.375 bits per heavy atom. The van der Waals surface area contributed by atoms with E-state index in [1.54, 1.807) is 47.0 Å². The van der Waals surface area contributed by atoms with Crippen LogP contribution >= 0.6 is 47.0 Å². The van der Waals surface area contributed by atoms with E-state index in [1.807, 2.05) is 9.80 Å². The average molecular weight is 1030 g/mol. The first kappa shape index (κ1) is 50.1. The van der Waals surface area contributed by atoms with Crippen LogP contribution in [-0.2, 0) is 19.1 Å². The van der Waals surface area contributed by atoms with Gasteiger partial charge in [-0.3, -0.25) is 19.4 Å². The number of carbonyl (C=O) groups is 2. The normalized spacial score (nSPS) is 16.6. The molecule has 2 fully saturated rings. The number of benzene rings is 6. The van der Waals surface area contributed by atoms with Gasteiger partial charge < -0.3 is 29.1 Å². The van der Waals surface area contributed by atoms with Crippen LogP contribution in [0.2, 0.25) is 0 Å². The van der Waals surface area contributed by atoms with Crippen molar-refractivity contribution in [3.8, 4) is 0 Å². The number of anilines is 6. The van der Waals surface area contributed by atoms with E-state index in [1.165, 1.54) is 19.6 Å². The molecule has 370 valence electrons. The van der Waals surface area contributed by atoms with Crippen LogP contribution in [0.25, 0.3) is 11.4 Å². The Balaban J connectivity index is 1.08. The molecule has 10 rings (SSSR count). The van der Waals surface area contributed by atoms with E-state index in [0.717, 1.165) is 71.4 Å². The number of hydrogen-bond acceptors (Lipinski definition) is 12. The van der Waals surface area contributed by atoms with Gasteiger partial charge in [0.2, 0.25) is 0 Å². The lowest BCUT2D eigenvalue weighted by molar-refractivity contribution is -0.124. The number of rotatable bonds is 18. The zero-order valence-corrected chi connectivity index (χ0v) is 44.6. The van der Waals surface area contributed by atoms with Crippen LogP contribution in [0.5, 0.6) is 0 Å². The molecule has 0 radical (unpaired) electrons. The SMILES string of the molecule is CSc1ccc(N(c2ccc(SC)cc2)c2ccc(C3=C4C(=O)N(CCN5CCOCC5)C(c5ccc(N(c6ccc(SC)cc6)c6ccc(SC)cc6)cc5)=C4C(=O)N3CCN3CCOCC3)cc2)cc1. The molecular weight excluding hydrogens is 973 g/mol. The molecule has 0 unspecified atom stereocenters. The van der Waals surface area contributed by atoms with Crippen LogP contribution in [0.15, 0.2) is 176 Å². The van der Waals surface area contributed by atoms with Gasteiger partial charge in [-0.15, -0.1) is 47.0 Å². The van der Waals surface area contributed by atoms with Crippen LogP contribution < -0.4 is 9.80 Å². The number of morpholine rings is 2. The highest BCUT2D eigenvalue weighted by Gasteiger charge is 2.49. The summed E-state index contributed by atoms with van der Waals surface area (Å²) in [5.41, 5.74) is 10.0. The maximum atomic E-state index is 15.5. The summed E-state index contributed by atoms with van der Waals surface area (Å²) in [5.74, 6) is -0.292. The highest BCUT2D eigenvalue weighted by atomic mass is 32.2. The number of amides is 2. The number of fused-ring (bicyclic) bond motifs is 1. The van der Waals surface area contributed by atoms with Crippen molar-refractivity contribution in [2.24, 2.45) is 0 Å². The summed E-state index contributed by atoms with van der Waals surface area (Å²) in [7, 11) is 0. The second-order valence-electron chi connectivity index (χ2n) is 17.8. The molecule has 0 aromatic heterocycles. The maximum absolute atomic E-state index is 15.5. The van der Waals surface area contributed by atoms with Gasteiger partial charge in [-0.05, 0) is 157 Å². The number of nitrogens with zero attached hydrogens (tertiary/aromatic N) is 6. The summed E-state index contributed by atoms with van der Waals surface area (Å²) in [4.78, 5) is 48.7. The van der Waals surface area contributed by atoms with Crippen molar-refractivity contribution >= 4 is 104 Å². The molecule has 6 aromatic carbocycles. The summed E-state index contributed by atoms with van der Waals surface area (Å²) in [6.45, 7) is 8.01. The second kappa shape index (κ2) is 23.2. The molecule has 0 spiro atoms. The van der Waals surface area contributed by atoms with Gasteiger partial charge in [0.1, 0.15) is 0 Å². The van der Waals surface area contributed by atoms with E-state index in [4.69, 9.17) is 9.47 Å². The standard InChI is InChI=1S/C58H60N6O4S4/c1-69-49-21-13-45(14-22-49)63(46-15-23-50(70-2)24-16-46)43-9-5-41(6-10-43)55-53-54(58(66)61(55)31-29-59-33-37-67-38-34-59)56(62(57(53)65)32-30-60-35-39-68-40-36-60)42-7-11-44(12-8-42)64(47-17-25-51(71-3)26-18-47)48-19-27-52(72-4)28-20-48/h5-28H,29-40H2,1-4H3. The Labute approximate surface area is 441 Å². The van der Waals surface area contributed by atoms with Gasteiger partial charge in [0, 0.05) is 106 Å². The molecule has 14 heteroatoms. The smallest absolute Gasteiger partial charge is 0.261 e. The second-order valence-corrected chi connectivity index (χ2v) is 21.3. The van der Waals surface area contributed by atoms with E-state index < -0.39 is 0 Å². The summed E-state index contributed by atoms with van der Waals surface area (Å²) < 4.78 is 11.4. The van der Waals surface area contributed by atoms with E-state index in [0.29, 0.717) is 75.1 Å². The summed E-state index contributed by atoms with van der Waals surface area (Å²) in [5, 5.41) is 0. The summed E-state index contributed by atoms with van der Waals surface area (Å²) in [6, 6.07) is 51.3. The monoisotopic (exact) mass is 1030 g/mol. The topological polar surface area (TPSA) is 72.0 Å². The van der Waals surface area contributed by atoms with Crippen molar-refractivity contribution in [2.45, 2.75) is 19.6 Å². The van der Waals surface area contributed by atoms with Gasteiger partial charge >= 0.3 is 0 Å². The number of ether oxygens (including phenoxy) is 2. The molecule has 10 nitrogen and oxygen atoms in total. The molecular formula is C58H60N6O4S4. The van der Waals surface area contributed by atoms with E-state index in [9.17, 15) is 0 Å². The lowest BCUT2D eigenvalue weighted by Gasteiger charge is -2.31. The zero-order valence-electron chi connectivity index (χ0n) is 41.3.